The van der Waals surface area contributed by atoms with Crippen molar-refractivity contribution >= 4 is 33.4 Å². The minimum Gasteiger partial charge on any atom is -0.378 e. The molecule has 0 saturated carbocycles. The smallest absolute Gasteiger partial charge is 0.223 e. The zero-order chi connectivity index (χ0) is 19.3. The van der Waals surface area contributed by atoms with E-state index in [0.29, 0.717) is 39.1 Å². The maximum Gasteiger partial charge on any atom is 0.223 e. The van der Waals surface area contributed by atoms with Crippen molar-refractivity contribution in [2.45, 2.75) is 19.4 Å². The number of nitrogens with zero attached hydrogens (tertiary/aromatic N) is 4. The second-order valence-corrected chi connectivity index (χ2v) is 8.34. The van der Waals surface area contributed by atoms with Crippen LogP contribution in [0.2, 0.25) is 0 Å². The lowest BCUT2D eigenvalue weighted by molar-refractivity contribution is -0.140. The second kappa shape index (κ2) is 8.98. The van der Waals surface area contributed by atoms with Gasteiger partial charge in [0.1, 0.15) is 5.01 Å². The Hall–Kier alpha value is -2.03. The number of ether oxygens (including phenoxy) is 1. The molecule has 0 aliphatic carbocycles. The summed E-state index contributed by atoms with van der Waals surface area (Å²) in [4.78, 5) is 35.4. The van der Waals surface area contributed by atoms with Crippen LogP contribution >= 0.6 is 11.3 Å². The van der Waals surface area contributed by atoms with Crippen molar-refractivity contribution in [2.24, 2.45) is 0 Å². The van der Waals surface area contributed by atoms with Gasteiger partial charge in [-0.15, -0.1) is 11.3 Å². The number of carbonyl (C=O) groups excluding carboxylic acids is 2. The monoisotopic (exact) mass is 402 g/mol. The standard InChI is InChI=1S/C20H26N4O3S/c25-19(5-6-20(26)24-11-13-27-14-12-24)23-9-7-22(8-10-23)15-18-21-16-3-1-2-4-17(16)28-18/h1-4H,5-15H2. The number of thiazole rings is 1. The molecule has 4 rings (SSSR count). The summed E-state index contributed by atoms with van der Waals surface area (Å²) in [6.45, 7) is 6.42. The number of fused-ring (bicyclic) bond motifs is 1. The number of hydrogen-bond donors (Lipinski definition) is 0. The molecule has 2 amide bonds. The van der Waals surface area contributed by atoms with Crippen LogP contribution in [0.15, 0.2) is 24.3 Å². The Balaban J connectivity index is 1.21. The fourth-order valence-corrected chi connectivity index (χ4v) is 4.69. The highest BCUT2D eigenvalue weighted by atomic mass is 32.1. The third-order valence-electron chi connectivity index (χ3n) is 5.34. The first-order valence-corrected chi connectivity index (χ1v) is 10.7. The van der Waals surface area contributed by atoms with Gasteiger partial charge in [0.15, 0.2) is 0 Å². The van der Waals surface area contributed by atoms with Crippen LogP contribution < -0.4 is 0 Å². The van der Waals surface area contributed by atoms with Crippen LogP contribution in [0.1, 0.15) is 17.8 Å². The molecular weight excluding hydrogens is 376 g/mol. The van der Waals surface area contributed by atoms with E-state index in [9.17, 15) is 9.59 Å². The molecule has 1 aromatic heterocycles. The molecule has 3 heterocycles. The zero-order valence-electron chi connectivity index (χ0n) is 16.0. The van der Waals surface area contributed by atoms with Gasteiger partial charge in [0.05, 0.1) is 30.0 Å². The molecule has 2 fully saturated rings. The molecule has 2 saturated heterocycles. The number of amides is 2. The highest BCUT2D eigenvalue weighted by molar-refractivity contribution is 7.18. The van der Waals surface area contributed by atoms with Crippen LogP contribution in [0.3, 0.4) is 0 Å². The van der Waals surface area contributed by atoms with Crippen molar-refractivity contribution in [1.29, 1.82) is 0 Å². The van der Waals surface area contributed by atoms with E-state index < -0.39 is 0 Å². The van der Waals surface area contributed by atoms with Crippen molar-refractivity contribution in [3.63, 3.8) is 0 Å². The van der Waals surface area contributed by atoms with Gasteiger partial charge in [-0.25, -0.2) is 4.98 Å². The van der Waals surface area contributed by atoms with Gasteiger partial charge in [0, 0.05) is 52.1 Å². The molecule has 2 aliphatic rings. The number of morpholine rings is 1. The first kappa shape index (κ1) is 19.3. The highest BCUT2D eigenvalue weighted by Crippen LogP contribution is 2.23. The Kier molecular flexibility index (Phi) is 6.19. The third kappa shape index (κ3) is 4.68. The lowest BCUT2D eigenvalue weighted by atomic mass is 10.2. The molecule has 150 valence electrons. The summed E-state index contributed by atoms with van der Waals surface area (Å²) in [7, 11) is 0. The normalized spacial score (nSPS) is 18.6. The molecule has 2 aliphatic heterocycles. The van der Waals surface area contributed by atoms with Gasteiger partial charge in [-0.05, 0) is 12.1 Å². The largest absolute Gasteiger partial charge is 0.378 e. The molecule has 0 unspecified atom stereocenters. The van der Waals surface area contributed by atoms with E-state index in [4.69, 9.17) is 9.72 Å². The number of piperazine rings is 1. The van der Waals surface area contributed by atoms with E-state index >= 15 is 0 Å². The van der Waals surface area contributed by atoms with Gasteiger partial charge < -0.3 is 14.5 Å². The van der Waals surface area contributed by atoms with Gasteiger partial charge in [-0.1, -0.05) is 12.1 Å². The lowest BCUT2D eigenvalue weighted by Gasteiger charge is -2.34. The lowest BCUT2D eigenvalue weighted by Crippen LogP contribution is -2.48. The van der Waals surface area contributed by atoms with E-state index in [-0.39, 0.29) is 11.8 Å². The summed E-state index contributed by atoms with van der Waals surface area (Å²) in [6, 6.07) is 8.20. The Morgan fingerprint density at radius 3 is 2.25 bits per heavy atom. The number of aromatic nitrogens is 1. The van der Waals surface area contributed by atoms with E-state index in [1.807, 2.05) is 23.1 Å². The first-order chi connectivity index (χ1) is 13.7. The number of rotatable bonds is 5. The number of para-hydroxylation sites is 1. The molecule has 8 heteroatoms. The summed E-state index contributed by atoms with van der Waals surface area (Å²) < 4.78 is 6.48. The molecule has 0 atom stereocenters. The zero-order valence-corrected chi connectivity index (χ0v) is 16.8. The second-order valence-electron chi connectivity index (χ2n) is 7.23. The average molecular weight is 403 g/mol. The van der Waals surface area contributed by atoms with Crippen LogP contribution in [-0.2, 0) is 20.9 Å². The maximum absolute atomic E-state index is 12.5. The highest BCUT2D eigenvalue weighted by Gasteiger charge is 2.23. The van der Waals surface area contributed by atoms with Crippen molar-refractivity contribution in [1.82, 2.24) is 19.7 Å². The minimum absolute atomic E-state index is 0.0612. The third-order valence-corrected chi connectivity index (χ3v) is 6.36. The predicted octanol–water partition coefficient (Wildman–Crippen LogP) is 1.58. The summed E-state index contributed by atoms with van der Waals surface area (Å²) in [5.41, 5.74) is 1.06. The average Bonchev–Trinajstić information content (AvgIpc) is 3.15. The predicted molar refractivity (Wildman–Crippen MR) is 108 cm³/mol. The fourth-order valence-electron chi connectivity index (χ4n) is 3.68. The summed E-state index contributed by atoms with van der Waals surface area (Å²) in [5, 5.41) is 1.12. The van der Waals surface area contributed by atoms with Crippen LogP contribution in [-0.4, -0.2) is 84.0 Å². The van der Waals surface area contributed by atoms with E-state index in [0.717, 1.165) is 43.2 Å². The van der Waals surface area contributed by atoms with Gasteiger partial charge in [0.25, 0.3) is 0 Å². The molecule has 0 radical (unpaired) electrons. The fraction of sp³-hybridized carbons (Fsp3) is 0.550. The Morgan fingerprint density at radius 2 is 1.57 bits per heavy atom. The molecule has 28 heavy (non-hydrogen) atoms. The van der Waals surface area contributed by atoms with Gasteiger partial charge in [-0.2, -0.15) is 0 Å². The van der Waals surface area contributed by atoms with Crippen LogP contribution in [0.4, 0.5) is 0 Å². The number of benzene rings is 1. The van der Waals surface area contributed by atoms with Gasteiger partial charge in [-0.3, -0.25) is 14.5 Å². The molecule has 7 nitrogen and oxygen atoms in total. The molecular formula is C20H26N4O3S. The summed E-state index contributed by atoms with van der Waals surface area (Å²) in [6.07, 6.45) is 0.596. The SMILES string of the molecule is O=C(CCC(=O)N1CCN(Cc2nc3ccccc3s2)CC1)N1CCOCC1. The van der Waals surface area contributed by atoms with Crippen molar-refractivity contribution in [3.05, 3.63) is 29.3 Å². The summed E-state index contributed by atoms with van der Waals surface area (Å²) in [5.74, 6) is 0.146. The molecule has 0 spiro atoms. The van der Waals surface area contributed by atoms with E-state index in [2.05, 4.69) is 11.0 Å². The van der Waals surface area contributed by atoms with Gasteiger partial charge in [0.2, 0.25) is 11.8 Å². The Labute approximate surface area is 168 Å². The molecule has 0 N–H and O–H groups in total. The minimum atomic E-state index is 0.0612. The Bertz CT molecular complexity index is 793. The quantitative estimate of drug-likeness (QED) is 0.760. The Morgan fingerprint density at radius 1 is 0.929 bits per heavy atom. The van der Waals surface area contributed by atoms with E-state index in [1.165, 1.54) is 4.70 Å². The maximum atomic E-state index is 12.5. The number of hydrogen-bond acceptors (Lipinski definition) is 6. The van der Waals surface area contributed by atoms with Crippen LogP contribution in [0.5, 0.6) is 0 Å². The van der Waals surface area contributed by atoms with Crippen LogP contribution in [0, 0.1) is 0 Å². The first-order valence-electron chi connectivity index (χ1n) is 9.89. The van der Waals surface area contributed by atoms with Crippen molar-refractivity contribution < 1.29 is 14.3 Å². The van der Waals surface area contributed by atoms with Crippen molar-refractivity contribution in [3.8, 4) is 0 Å². The number of carbonyl (C=O) groups is 2. The summed E-state index contributed by atoms with van der Waals surface area (Å²) >= 11 is 1.74. The molecule has 1 aromatic carbocycles. The molecule has 2 aromatic rings. The van der Waals surface area contributed by atoms with Crippen molar-refractivity contribution in [2.75, 3.05) is 52.5 Å². The van der Waals surface area contributed by atoms with Gasteiger partial charge >= 0.3 is 0 Å². The van der Waals surface area contributed by atoms with Crippen LogP contribution in [0.25, 0.3) is 10.2 Å². The molecule has 0 bridgehead atoms. The topological polar surface area (TPSA) is 66.0 Å². The van der Waals surface area contributed by atoms with E-state index in [1.54, 1.807) is 16.2 Å².